The zero-order chi connectivity index (χ0) is 36.3. The first-order valence-corrected chi connectivity index (χ1v) is 18.9. The lowest BCUT2D eigenvalue weighted by Crippen LogP contribution is -2.12. The molecule has 0 saturated heterocycles. The summed E-state index contributed by atoms with van der Waals surface area (Å²) in [5, 5.41) is 7.51. The molecule has 11 rings (SSSR count). The van der Waals surface area contributed by atoms with Crippen molar-refractivity contribution in [3.63, 3.8) is 0 Å². The topological polar surface area (TPSA) is 13.1 Å². The van der Waals surface area contributed by atoms with Crippen LogP contribution in [0.25, 0.3) is 76.9 Å². The van der Waals surface area contributed by atoms with Gasteiger partial charge in [-0.15, -0.1) is 0 Å². The Morgan fingerprint density at radius 3 is 1.58 bits per heavy atom. The summed E-state index contributed by atoms with van der Waals surface area (Å²) in [5.41, 5.74) is 12.7. The van der Waals surface area contributed by atoms with Gasteiger partial charge in [-0.05, 0) is 89.1 Å². The molecule has 3 nitrogen and oxygen atoms in total. The monoisotopic (exact) mass is 701 g/mol. The fourth-order valence-corrected chi connectivity index (χ4v) is 8.75. The molecule has 3 heteroatoms. The summed E-state index contributed by atoms with van der Waals surface area (Å²) < 4.78 is 4.81. The Hall–Kier alpha value is -7.36. The largest absolute Gasteiger partial charge is 0.309 e. The Kier molecular flexibility index (Phi) is 7.17. The van der Waals surface area contributed by atoms with Gasteiger partial charge in [-0.2, -0.15) is 0 Å². The summed E-state index contributed by atoms with van der Waals surface area (Å²) in [7, 11) is 0. The van der Waals surface area contributed by atoms with E-state index >= 15 is 0 Å². The molecule has 0 radical (unpaired) electrons. The van der Waals surface area contributed by atoms with Crippen LogP contribution >= 0.6 is 0 Å². The van der Waals surface area contributed by atoms with Gasteiger partial charge < -0.3 is 14.0 Å². The summed E-state index contributed by atoms with van der Waals surface area (Å²) in [4.78, 5) is 2.45. The first-order valence-electron chi connectivity index (χ1n) is 18.9. The second kappa shape index (κ2) is 12.6. The fraction of sp³-hybridized carbons (Fsp3) is 0. The van der Waals surface area contributed by atoms with Gasteiger partial charge in [0.15, 0.2) is 0 Å². The zero-order valence-corrected chi connectivity index (χ0v) is 30.0. The quantitative estimate of drug-likeness (QED) is 0.168. The van der Waals surface area contributed by atoms with Crippen LogP contribution in [0.1, 0.15) is 0 Å². The Bertz CT molecular complexity index is 3190. The van der Waals surface area contributed by atoms with Crippen LogP contribution in [0.2, 0.25) is 0 Å². The minimum atomic E-state index is 1.09. The maximum absolute atomic E-state index is 2.45. The van der Waals surface area contributed by atoms with E-state index in [0.29, 0.717) is 0 Å². The number of fused-ring (bicyclic) bond motifs is 8. The van der Waals surface area contributed by atoms with Crippen LogP contribution in [-0.2, 0) is 0 Å². The van der Waals surface area contributed by atoms with Gasteiger partial charge in [0.05, 0.1) is 33.4 Å². The number of benzene rings is 9. The van der Waals surface area contributed by atoms with Crippen LogP contribution in [0.15, 0.2) is 212 Å². The average Bonchev–Trinajstić information content (AvgIpc) is 3.79. The third-order valence-electron chi connectivity index (χ3n) is 11.1. The normalized spacial score (nSPS) is 11.6. The number of aromatic nitrogens is 2. The molecule has 9 aromatic carbocycles. The zero-order valence-electron chi connectivity index (χ0n) is 30.0. The molecule has 0 N–H and O–H groups in total. The van der Waals surface area contributed by atoms with E-state index in [1.165, 1.54) is 65.5 Å². The van der Waals surface area contributed by atoms with Gasteiger partial charge in [-0.25, -0.2) is 0 Å². The first-order chi connectivity index (χ1) is 27.3. The highest BCUT2D eigenvalue weighted by molar-refractivity contribution is 6.21. The first kappa shape index (κ1) is 31.2. The van der Waals surface area contributed by atoms with Crippen molar-refractivity contribution in [2.75, 3.05) is 4.90 Å². The molecule has 0 fully saturated rings. The van der Waals surface area contributed by atoms with E-state index < -0.39 is 0 Å². The lowest BCUT2D eigenvalue weighted by atomic mass is 10.0. The van der Waals surface area contributed by atoms with E-state index in [2.05, 4.69) is 226 Å². The number of rotatable bonds is 6. The highest BCUT2D eigenvalue weighted by Gasteiger charge is 2.23. The van der Waals surface area contributed by atoms with E-state index in [4.69, 9.17) is 0 Å². The van der Waals surface area contributed by atoms with Gasteiger partial charge in [0.1, 0.15) is 0 Å². The van der Waals surface area contributed by atoms with Gasteiger partial charge in [0, 0.05) is 44.2 Å². The second-order valence-electron chi connectivity index (χ2n) is 14.1. The molecule has 0 atom stereocenters. The predicted molar refractivity (Wildman–Crippen MR) is 233 cm³/mol. The molecule has 0 bridgehead atoms. The summed E-state index contributed by atoms with van der Waals surface area (Å²) in [6.07, 6.45) is 0. The van der Waals surface area contributed by atoms with Crippen LogP contribution in [-0.4, -0.2) is 9.13 Å². The molecule has 11 aromatic rings. The van der Waals surface area contributed by atoms with Crippen molar-refractivity contribution in [3.05, 3.63) is 212 Å². The number of hydrogen-bond acceptors (Lipinski definition) is 1. The highest BCUT2D eigenvalue weighted by atomic mass is 15.2. The minimum Gasteiger partial charge on any atom is -0.309 e. The molecule has 0 aliphatic heterocycles. The lowest BCUT2D eigenvalue weighted by molar-refractivity contribution is 1.17. The van der Waals surface area contributed by atoms with Crippen LogP contribution in [0, 0.1) is 0 Å². The van der Waals surface area contributed by atoms with Crippen LogP contribution in [0.5, 0.6) is 0 Å². The standard InChI is InChI=1S/C52H35N3/c1-3-16-36(17-4-1)41-21-9-12-25-45(41)54(49-29-15-28-48-52(49)44-24-11-14-27-47(44)53(48)38-19-5-2-6-20-38)39-31-33-40(34-32-39)55-46-26-13-10-23-43(46)51-42-22-8-7-18-37(42)30-35-50(51)55/h1-35H. The van der Waals surface area contributed by atoms with Gasteiger partial charge in [0.25, 0.3) is 0 Å². The SMILES string of the molecule is c1ccc(-c2ccccc2N(c2ccc(-n3c4ccccc4c4c5ccccc5ccc43)cc2)c2cccc3c2c2ccccc2n3-c2ccccc2)cc1. The van der Waals surface area contributed by atoms with Crippen molar-refractivity contribution >= 4 is 71.4 Å². The fourth-order valence-electron chi connectivity index (χ4n) is 8.75. The summed E-state index contributed by atoms with van der Waals surface area (Å²) in [5.74, 6) is 0. The van der Waals surface area contributed by atoms with Gasteiger partial charge >= 0.3 is 0 Å². The Morgan fingerprint density at radius 1 is 0.309 bits per heavy atom. The molecular weight excluding hydrogens is 667 g/mol. The Balaban J connectivity index is 1.17. The number of hydrogen-bond donors (Lipinski definition) is 0. The van der Waals surface area contributed by atoms with E-state index in [1.54, 1.807) is 0 Å². The van der Waals surface area contributed by atoms with Crippen molar-refractivity contribution in [1.29, 1.82) is 0 Å². The number of nitrogens with zero attached hydrogens (tertiary/aromatic N) is 3. The summed E-state index contributed by atoms with van der Waals surface area (Å²) in [6, 6.07) is 76.9. The van der Waals surface area contributed by atoms with Crippen molar-refractivity contribution in [2.45, 2.75) is 0 Å². The maximum Gasteiger partial charge on any atom is 0.0562 e. The third-order valence-corrected chi connectivity index (χ3v) is 11.1. The molecule has 2 aromatic heterocycles. The van der Waals surface area contributed by atoms with Crippen molar-refractivity contribution in [2.24, 2.45) is 0 Å². The minimum absolute atomic E-state index is 1.09. The van der Waals surface area contributed by atoms with Gasteiger partial charge in [-0.1, -0.05) is 140 Å². The smallest absolute Gasteiger partial charge is 0.0562 e. The van der Waals surface area contributed by atoms with Crippen molar-refractivity contribution < 1.29 is 0 Å². The molecule has 0 spiro atoms. The third kappa shape index (κ3) is 4.91. The molecule has 0 saturated carbocycles. The number of para-hydroxylation sites is 4. The molecule has 0 aliphatic rings. The molecule has 2 heterocycles. The maximum atomic E-state index is 2.45. The van der Waals surface area contributed by atoms with Crippen LogP contribution in [0.3, 0.4) is 0 Å². The van der Waals surface area contributed by atoms with Gasteiger partial charge in [-0.3, -0.25) is 0 Å². The highest BCUT2D eigenvalue weighted by Crippen LogP contribution is 2.47. The second-order valence-corrected chi connectivity index (χ2v) is 14.1. The Morgan fingerprint density at radius 2 is 0.836 bits per heavy atom. The van der Waals surface area contributed by atoms with Crippen molar-refractivity contribution in [3.8, 4) is 22.5 Å². The van der Waals surface area contributed by atoms with E-state index in [0.717, 1.165) is 28.4 Å². The van der Waals surface area contributed by atoms with Gasteiger partial charge in [0.2, 0.25) is 0 Å². The molecule has 258 valence electrons. The van der Waals surface area contributed by atoms with E-state index in [9.17, 15) is 0 Å². The van der Waals surface area contributed by atoms with E-state index in [-0.39, 0.29) is 0 Å². The molecule has 0 amide bonds. The molecular formula is C52H35N3. The number of anilines is 3. The molecule has 55 heavy (non-hydrogen) atoms. The molecule has 0 aliphatic carbocycles. The lowest BCUT2D eigenvalue weighted by Gasteiger charge is -2.29. The summed E-state index contributed by atoms with van der Waals surface area (Å²) in [6.45, 7) is 0. The van der Waals surface area contributed by atoms with Crippen molar-refractivity contribution in [1.82, 2.24) is 9.13 Å². The average molecular weight is 702 g/mol. The Labute approximate surface area is 319 Å². The van der Waals surface area contributed by atoms with Crippen LogP contribution < -0.4 is 4.90 Å². The van der Waals surface area contributed by atoms with E-state index in [1.807, 2.05) is 0 Å². The van der Waals surface area contributed by atoms with Crippen LogP contribution in [0.4, 0.5) is 17.1 Å². The predicted octanol–water partition coefficient (Wildman–Crippen LogP) is 14.2. The summed E-state index contributed by atoms with van der Waals surface area (Å²) >= 11 is 0. The molecule has 0 unspecified atom stereocenters.